The number of nitrogens with zero attached hydrogens (tertiary/aromatic N) is 2. The van der Waals surface area contributed by atoms with Crippen molar-refractivity contribution in [3.8, 4) is 28.7 Å². The fourth-order valence-corrected chi connectivity index (χ4v) is 6.42. The van der Waals surface area contributed by atoms with Gasteiger partial charge in [-0.3, -0.25) is 14.6 Å². The fourth-order valence-electron chi connectivity index (χ4n) is 6.42. The summed E-state index contributed by atoms with van der Waals surface area (Å²) in [5.74, 6) is 0.181. The second-order valence-corrected chi connectivity index (χ2v) is 14.2. The molecule has 2 aliphatic heterocycles. The van der Waals surface area contributed by atoms with E-state index in [1.54, 1.807) is 36.5 Å². The minimum Gasteiger partial charge on any atom is -0.489 e. The van der Waals surface area contributed by atoms with Crippen molar-refractivity contribution in [2.75, 3.05) is 50.1 Å². The number of likely N-dealkylation sites (tertiary alicyclic amines) is 1. The number of rotatable bonds is 11. The third kappa shape index (κ3) is 7.19. The van der Waals surface area contributed by atoms with Crippen LogP contribution >= 0.6 is 0 Å². The van der Waals surface area contributed by atoms with Crippen molar-refractivity contribution in [3.63, 3.8) is 0 Å². The number of hydrogen-bond donors (Lipinski definition) is 2. The summed E-state index contributed by atoms with van der Waals surface area (Å²) in [4.78, 5) is 33.2. The number of carbonyl (C=O) groups is 2. The number of hydrogen-bond acceptors (Lipinski definition) is 8. The van der Waals surface area contributed by atoms with Gasteiger partial charge in [0.1, 0.15) is 24.4 Å². The van der Waals surface area contributed by atoms with Gasteiger partial charge in [0.05, 0.1) is 17.5 Å². The van der Waals surface area contributed by atoms with Crippen molar-refractivity contribution in [2.24, 2.45) is 10.8 Å². The lowest BCUT2D eigenvalue weighted by Gasteiger charge is -2.36. The summed E-state index contributed by atoms with van der Waals surface area (Å²) in [6.07, 6.45) is 5.69. The predicted molar refractivity (Wildman–Crippen MR) is 189 cm³/mol. The molecular formula is C39H43FN4O6. The van der Waals surface area contributed by atoms with Gasteiger partial charge in [0.2, 0.25) is 17.6 Å². The van der Waals surface area contributed by atoms with E-state index in [-0.39, 0.29) is 17.3 Å². The minimum atomic E-state index is -1.19. The number of amides is 2. The number of piperidine rings is 1. The van der Waals surface area contributed by atoms with E-state index < -0.39 is 17.1 Å². The van der Waals surface area contributed by atoms with E-state index in [1.807, 2.05) is 19.1 Å². The van der Waals surface area contributed by atoms with Crippen LogP contribution in [0.1, 0.15) is 51.5 Å². The first-order valence-electron chi connectivity index (χ1n) is 17.3. The van der Waals surface area contributed by atoms with E-state index in [1.165, 1.54) is 25.0 Å². The highest BCUT2D eigenvalue weighted by molar-refractivity contribution is 6.17. The first-order valence-corrected chi connectivity index (χ1v) is 17.3. The van der Waals surface area contributed by atoms with Gasteiger partial charge in [-0.1, -0.05) is 31.5 Å². The zero-order valence-corrected chi connectivity index (χ0v) is 28.8. The van der Waals surface area contributed by atoms with Gasteiger partial charge in [-0.15, -0.1) is 0 Å². The fraction of sp³-hybridized carbons (Fsp3) is 0.410. The van der Waals surface area contributed by atoms with Crippen molar-refractivity contribution in [1.82, 2.24) is 9.88 Å². The third-order valence-electron chi connectivity index (χ3n) is 9.87. The lowest BCUT2D eigenvalue weighted by molar-refractivity contribution is -0.131. The highest BCUT2D eigenvalue weighted by Crippen LogP contribution is 2.49. The van der Waals surface area contributed by atoms with Gasteiger partial charge in [-0.05, 0) is 87.9 Å². The van der Waals surface area contributed by atoms with E-state index in [0.717, 1.165) is 31.6 Å². The van der Waals surface area contributed by atoms with Crippen LogP contribution in [0.4, 0.5) is 15.8 Å². The van der Waals surface area contributed by atoms with Gasteiger partial charge in [0, 0.05) is 36.2 Å². The van der Waals surface area contributed by atoms with Crippen LogP contribution in [0.25, 0.3) is 10.9 Å². The Morgan fingerprint density at radius 3 is 2.24 bits per heavy atom. The summed E-state index contributed by atoms with van der Waals surface area (Å²) < 4.78 is 39.9. The van der Waals surface area contributed by atoms with Crippen LogP contribution in [0.3, 0.4) is 0 Å². The molecule has 3 heterocycles. The molecule has 2 fully saturated rings. The van der Waals surface area contributed by atoms with Crippen molar-refractivity contribution >= 4 is 34.1 Å². The summed E-state index contributed by atoms with van der Waals surface area (Å²) in [6.45, 7) is 11.0. The zero-order valence-electron chi connectivity index (χ0n) is 28.8. The average Bonchev–Trinajstić information content (AvgIpc) is 3.92. The largest absolute Gasteiger partial charge is 0.489 e. The number of aryl methyl sites for hydroxylation is 1. The summed E-state index contributed by atoms with van der Waals surface area (Å²) in [6, 6.07) is 15.0. The highest BCUT2D eigenvalue weighted by Gasteiger charge is 2.56. The van der Waals surface area contributed by atoms with Gasteiger partial charge < -0.3 is 34.5 Å². The minimum absolute atomic E-state index is 0.0550. The van der Waals surface area contributed by atoms with Gasteiger partial charge in [-0.2, -0.15) is 0 Å². The second-order valence-electron chi connectivity index (χ2n) is 14.2. The van der Waals surface area contributed by atoms with Gasteiger partial charge >= 0.3 is 0 Å². The normalized spacial score (nSPS) is 17.5. The Labute approximate surface area is 291 Å². The molecule has 11 heteroatoms. The molecule has 7 rings (SSSR count). The third-order valence-corrected chi connectivity index (χ3v) is 9.87. The number of carbonyl (C=O) groups excluding carboxylic acids is 2. The molecule has 0 unspecified atom stereocenters. The Bertz CT molecular complexity index is 1900. The maximum absolute atomic E-state index is 15.5. The molecule has 4 aromatic rings. The molecule has 0 bridgehead atoms. The van der Waals surface area contributed by atoms with Crippen LogP contribution in [-0.2, 0) is 9.59 Å². The Balaban J connectivity index is 1.02. The molecule has 0 atom stereocenters. The zero-order chi connectivity index (χ0) is 34.9. The molecule has 10 nitrogen and oxygen atoms in total. The Morgan fingerprint density at radius 2 is 1.54 bits per heavy atom. The first-order chi connectivity index (χ1) is 24.1. The van der Waals surface area contributed by atoms with Crippen LogP contribution in [0, 0.1) is 23.6 Å². The summed E-state index contributed by atoms with van der Waals surface area (Å²) in [5.41, 5.74) is 1.68. The van der Waals surface area contributed by atoms with Gasteiger partial charge in [0.15, 0.2) is 23.1 Å². The molecule has 50 heavy (non-hydrogen) atoms. The van der Waals surface area contributed by atoms with Crippen LogP contribution in [0.2, 0.25) is 0 Å². The van der Waals surface area contributed by atoms with Crippen molar-refractivity contribution in [2.45, 2.75) is 52.9 Å². The molecule has 0 radical (unpaired) electrons. The smallest absolute Gasteiger partial charge is 0.240 e. The maximum Gasteiger partial charge on any atom is 0.240 e. The lowest BCUT2D eigenvalue weighted by Crippen LogP contribution is -2.38. The number of fused-ring (bicyclic) bond motifs is 3. The molecule has 1 aromatic heterocycles. The molecule has 262 valence electrons. The number of benzene rings is 3. The van der Waals surface area contributed by atoms with E-state index in [4.69, 9.17) is 18.9 Å². The average molecular weight is 683 g/mol. The van der Waals surface area contributed by atoms with E-state index in [0.29, 0.717) is 77.7 Å². The summed E-state index contributed by atoms with van der Waals surface area (Å²) in [5, 5.41) is 6.08. The van der Waals surface area contributed by atoms with Crippen LogP contribution in [0.5, 0.6) is 28.7 Å². The Hall–Kier alpha value is -4.90. The molecule has 3 aromatic carbocycles. The van der Waals surface area contributed by atoms with E-state index >= 15 is 4.39 Å². The molecule has 3 aliphatic rings. The molecule has 1 aliphatic carbocycles. The second kappa shape index (κ2) is 13.8. The van der Waals surface area contributed by atoms with Gasteiger partial charge in [-0.25, -0.2) is 4.39 Å². The molecular weight excluding hydrogens is 639 g/mol. The van der Waals surface area contributed by atoms with E-state index in [2.05, 4.69) is 34.4 Å². The predicted octanol–water partition coefficient (Wildman–Crippen LogP) is 7.49. The lowest BCUT2D eigenvalue weighted by atomic mass is 9.83. The van der Waals surface area contributed by atoms with Crippen molar-refractivity contribution < 1.29 is 32.9 Å². The quantitative estimate of drug-likeness (QED) is 0.124. The van der Waals surface area contributed by atoms with Crippen LogP contribution in [0.15, 0.2) is 60.8 Å². The number of aromatic nitrogens is 1. The van der Waals surface area contributed by atoms with Gasteiger partial charge in [0.25, 0.3) is 0 Å². The summed E-state index contributed by atoms with van der Waals surface area (Å²) in [7, 11) is 0. The van der Waals surface area contributed by atoms with Crippen molar-refractivity contribution in [1.29, 1.82) is 0 Å². The summed E-state index contributed by atoms with van der Waals surface area (Å²) >= 11 is 0. The monoisotopic (exact) mass is 682 g/mol. The van der Waals surface area contributed by atoms with Crippen molar-refractivity contribution in [3.05, 3.63) is 72.2 Å². The Morgan fingerprint density at radius 1 is 0.860 bits per heavy atom. The SMILES string of the molecule is Cc1ccc(NC(=O)C2(C(=O)Nc3ccc(Oc4ccnc5cc(OCCCN6CCC(C)(C)CC6)c6c(c45)OCCO6)c(F)c3)CC2)cc1. The molecule has 1 saturated carbocycles. The number of nitrogens with one attached hydrogen (secondary N) is 2. The molecule has 2 amide bonds. The highest BCUT2D eigenvalue weighted by atomic mass is 19.1. The Kier molecular flexibility index (Phi) is 9.26. The number of pyridine rings is 1. The molecule has 2 N–H and O–H groups in total. The number of ether oxygens (including phenoxy) is 4. The molecule has 1 saturated heterocycles. The van der Waals surface area contributed by atoms with Crippen LogP contribution < -0.4 is 29.6 Å². The maximum atomic E-state index is 15.5. The molecule has 0 spiro atoms. The first kappa shape index (κ1) is 33.6. The van der Waals surface area contributed by atoms with E-state index in [9.17, 15) is 9.59 Å². The number of halogens is 1. The topological polar surface area (TPSA) is 111 Å². The van der Waals surface area contributed by atoms with Crippen LogP contribution in [-0.4, -0.2) is 61.2 Å². The standard InChI is InChI=1S/C39H43FN4O6/c1-25-5-7-26(8-6-25)42-36(45)39(12-13-39)37(46)43-27-9-10-30(28(40)23-27)50-31-11-16-41-29-24-32(34-35(33(29)31)49-22-21-48-34)47-20-4-17-44-18-14-38(2,3)15-19-44/h5-11,16,23-24H,4,12-15,17-22H2,1-3H3,(H,42,45)(H,43,46). The number of anilines is 2.